The van der Waals surface area contributed by atoms with Crippen LogP contribution in [0.5, 0.6) is 0 Å². The van der Waals surface area contributed by atoms with Crippen molar-refractivity contribution < 1.29 is 12.8 Å². The lowest BCUT2D eigenvalue weighted by atomic mass is 10.0. The molecule has 4 heteroatoms. The Hall–Kier alpha value is -2.59. The van der Waals surface area contributed by atoms with Crippen LogP contribution in [-0.4, -0.2) is 14.7 Å². The smallest absolute Gasteiger partial charge is 0.179 e. The molecule has 3 nitrogen and oxygen atoms in total. The Bertz CT molecular complexity index is 934. The molecule has 116 valence electrons. The summed E-state index contributed by atoms with van der Waals surface area (Å²) in [4.78, 5) is 0.180. The van der Waals surface area contributed by atoms with Gasteiger partial charge in [0.05, 0.1) is 0 Å². The molecule has 0 saturated heterocycles. The van der Waals surface area contributed by atoms with Crippen LogP contribution in [0, 0.1) is 0 Å². The van der Waals surface area contributed by atoms with Crippen molar-refractivity contribution in [2.24, 2.45) is 0 Å². The molecule has 2 aromatic carbocycles. The van der Waals surface area contributed by atoms with Gasteiger partial charge in [-0.2, -0.15) is 0 Å². The number of rotatable bonds is 4. The van der Waals surface area contributed by atoms with Gasteiger partial charge < -0.3 is 4.42 Å². The molecule has 0 amide bonds. The Morgan fingerprint density at radius 2 is 1.48 bits per heavy atom. The highest BCUT2D eigenvalue weighted by Crippen LogP contribution is 2.32. The molecule has 1 aromatic heterocycles. The minimum atomic E-state index is -3.37. The van der Waals surface area contributed by atoms with E-state index < -0.39 is 9.84 Å². The zero-order valence-corrected chi connectivity index (χ0v) is 13.5. The summed E-state index contributed by atoms with van der Waals surface area (Å²) in [5.74, 6) is 0.787. The average Bonchev–Trinajstić information content (AvgIpc) is 3.01. The molecule has 0 spiro atoms. The minimum Gasteiger partial charge on any atom is -0.455 e. The normalized spacial score (nSPS) is 11.3. The van der Waals surface area contributed by atoms with Crippen molar-refractivity contribution >= 4 is 15.9 Å². The summed E-state index contributed by atoms with van der Waals surface area (Å²) >= 11 is 0. The molecule has 0 fully saturated rings. The van der Waals surface area contributed by atoms with E-state index in [4.69, 9.17) is 4.42 Å². The Balaban J connectivity index is 2.07. The second-order valence-electron chi connectivity index (χ2n) is 5.26. The van der Waals surface area contributed by atoms with Crippen LogP contribution in [0.1, 0.15) is 5.76 Å². The molecular weight excluding hydrogens is 308 g/mol. The summed E-state index contributed by atoms with van der Waals surface area (Å²) < 4.78 is 29.5. The fourth-order valence-corrected chi connectivity index (χ4v) is 3.24. The molecular formula is C19H16O3S. The molecule has 0 aliphatic carbocycles. The largest absolute Gasteiger partial charge is 0.455 e. The number of sulfone groups is 1. The average molecular weight is 324 g/mol. The van der Waals surface area contributed by atoms with Gasteiger partial charge in [-0.15, -0.1) is 0 Å². The van der Waals surface area contributed by atoms with Crippen molar-refractivity contribution in [3.05, 3.63) is 73.0 Å². The van der Waals surface area contributed by atoms with Gasteiger partial charge in [0.1, 0.15) is 10.7 Å². The van der Waals surface area contributed by atoms with Gasteiger partial charge in [0, 0.05) is 17.9 Å². The van der Waals surface area contributed by atoms with Crippen LogP contribution in [0.2, 0.25) is 0 Å². The van der Waals surface area contributed by atoms with Gasteiger partial charge >= 0.3 is 0 Å². The van der Waals surface area contributed by atoms with Crippen molar-refractivity contribution in [3.63, 3.8) is 0 Å². The minimum absolute atomic E-state index is 0.180. The van der Waals surface area contributed by atoms with Gasteiger partial charge in [-0.05, 0) is 17.2 Å². The van der Waals surface area contributed by atoms with Crippen molar-refractivity contribution in [3.8, 4) is 22.5 Å². The van der Waals surface area contributed by atoms with Crippen LogP contribution in [0.15, 0.2) is 76.6 Å². The zero-order chi connectivity index (χ0) is 16.4. The van der Waals surface area contributed by atoms with Gasteiger partial charge in [0.2, 0.25) is 0 Å². The maximum absolute atomic E-state index is 12.0. The van der Waals surface area contributed by atoms with Gasteiger partial charge in [0.15, 0.2) is 15.6 Å². The number of hydrogen-bond donors (Lipinski definition) is 0. The quantitative estimate of drug-likeness (QED) is 0.701. The van der Waals surface area contributed by atoms with Crippen LogP contribution < -0.4 is 0 Å². The van der Waals surface area contributed by atoms with Crippen LogP contribution in [-0.2, 0) is 9.84 Å². The molecule has 0 saturated carbocycles. The second kappa shape index (κ2) is 5.89. The number of hydrogen-bond acceptors (Lipinski definition) is 3. The zero-order valence-electron chi connectivity index (χ0n) is 12.7. The van der Waals surface area contributed by atoms with E-state index >= 15 is 0 Å². The molecule has 0 N–H and O–H groups in total. The highest BCUT2D eigenvalue weighted by atomic mass is 32.2. The Kier molecular flexibility index (Phi) is 3.92. The summed E-state index contributed by atoms with van der Waals surface area (Å²) in [6.07, 6.45) is 2.67. The predicted molar refractivity (Wildman–Crippen MR) is 92.8 cm³/mol. The van der Waals surface area contributed by atoms with E-state index in [-0.39, 0.29) is 4.90 Å². The van der Waals surface area contributed by atoms with Gasteiger partial charge in [-0.25, -0.2) is 8.42 Å². The SMILES string of the molecule is C=Cc1cc(S(C)(=O)=O)c(-c2ccc(-c3ccccc3)cc2)o1. The second-order valence-corrected chi connectivity index (χ2v) is 7.25. The van der Waals surface area contributed by atoms with Crippen LogP contribution >= 0.6 is 0 Å². The Morgan fingerprint density at radius 3 is 2.04 bits per heavy atom. The topological polar surface area (TPSA) is 47.3 Å². The fraction of sp³-hybridized carbons (Fsp3) is 0.0526. The van der Waals surface area contributed by atoms with Gasteiger partial charge in [-0.1, -0.05) is 61.2 Å². The first-order valence-corrected chi connectivity index (χ1v) is 9.00. The molecule has 0 bridgehead atoms. The van der Waals surface area contributed by atoms with E-state index in [9.17, 15) is 8.42 Å². The third kappa shape index (κ3) is 3.12. The fourth-order valence-electron chi connectivity index (χ4n) is 2.41. The van der Waals surface area contributed by atoms with Crippen LogP contribution in [0.25, 0.3) is 28.5 Å². The first kappa shape index (κ1) is 15.3. The third-order valence-electron chi connectivity index (χ3n) is 3.57. The van der Waals surface area contributed by atoms with E-state index in [1.54, 1.807) is 0 Å². The van der Waals surface area contributed by atoms with E-state index in [1.165, 1.54) is 18.4 Å². The van der Waals surface area contributed by atoms with Crippen molar-refractivity contribution in [2.45, 2.75) is 4.90 Å². The molecule has 0 atom stereocenters. The summed E-state index contributed by atoms with van der Waals surface area (Å²) in [5, 5.41) is 0. The van der Waals surface area contributed by atoms with Crippen molar-refractivity contribution in [1.82, 2.24) is 0 Å². The summed E-state index contributed by atoms with van der Waals surface area (Å²) in [7, 11) is -3.37. The molecule has 0 unspecified atom stereocenters. The summed E-state index contributed by atoms with van der Waals surface area (Å²) in [6, 6.07) is 19.1. The summed E-state index contributed by atoms with van der Waals surface area (Å²) in [6.45, 7) is 3.63. The highest BCUT2D eigenvalue weighted by Gasteiger charge is 2.20. The standard InChI is InChI=1S/C19H16O3S/c1-3-17-13-18(23(2,20)21)19(22-17)16-11-9-15(10-12-16)14-7-5-4-6-8-14/h3-13H,1H2,2H3. The van der Waals surface area contributed by atoms with Crippen LogP contribution in [0.3, 0.4) is 0 Å². The number of benzene rings is 2. The first-order chi connectivity index (χ1) is 11.0. The van der Waals surface area contributed by atoms with Crippen LogP contribution in [0.4, 0.5) is 0 Å². The monoisotopic (exact) mass is 324 g/mol. The first-order valence-electron chi connectivity index (χ1n) is 7.11. The lowest BCUT2D eigenvalue weighted by molar-refractivity contribution is 0.564. The summed E-state index contributed by atoms with van der Waals surface area (Å²) in [5.41, 5.74) is 2.89. The molecule has 3 rings (SSSR count). The molecule has 3 aromatic rings. The third-order valence-corrected chi connectivity index (χ3v) is 4.67. The van der Waals surface area contributed by atoms with E-state index in [2.05, 4.69) is 6.58 Å². The molecule has 23 heavy (non-hydrogen) atoms. The maximum atomic E-state index is 12.0. The van der Waals surface area contributed by atoms with E-state index in [0.29, 0.717) is 11.5 Å². The molecule has 0 aliphatic heterocycles. The van der Waals surface area contributed by atoms with E-state index in [1.807, 2.05) is 54.6 Å². The molecule has 0 aliphatic rings. The van der Waals surface area contributed by atoms with Gasteiger partial charge in [0.25, 0.3) is 0 Å². The Morgan fingerprint density at radius 1 is 0.913 bits per heavy atom. The molecule has 0 radical (unpaired) electrons. The highest BCUT2D eigenvalue weighted by molar-refractivity contribution is 7.90. The van der Waals surface area contributed by atoms with Crippen molar-refractivity contribution in [2.75, 3.05) is 6.26 Å². The van der Waals surface area contributed by atoms with Crippen molar-refractivity contribution in [1.29, 1.82) is 0 Å². The molecule has 1 heterocycles. The lowest BCUT2D eigenvalue weighted by Crippen LogP contribution is -1.96. The van der Waals surface area contributed by atoms with Gasteiger partial charge in [-0.3, -0.25) is 0 Å². The Labute approximate surface area is 135 Å². The predicted octanol–water partition coefficient (Wildman–Crippen LogP) is 4.66. The maximum Gasteiger partial charge on any atom is 0.179 e. The number of furan rings is 1. The lowest BCUT2D eigenvalue weighted by Gasteiger charge is -2.04. The van der Waals surface area contributed by atoms with E-state index in [0.717, 1.165) is 16.7 Å².